The molecule has 0 spiro atoms. The summed E-state index contributed by atoms with van der Waals surface area (Å²) in [6.45, 7) is 12.3. The van der Waals surface area contributed by atoms with Gasteiger partial charge in [0.2, 0.25) is 0 Å². The molecule has 1 N–H and O–H groups in total. The Labute approximate surface area is 105 Å². The normalized spacial score (nSPS) is 25.1. The summed E-state index contributed by atoms with van der Waals surface area (Å²) in [6.07, 6.45) is 1.17. The number of nitrogens with one attached hydrogen (secondary N) is 1. The zero-order chi connectivity index (χ0) is 12.5. The van der Waals surface area contributed by atoms with Gasteiger partial charge in [0.15, 0.2) is 0 Å². The molecule has 0 amide bonds. The molecule has 0 radical (unpaired) electrons. The van der Waals surface area contributed by atoms with Gasteiger partial charge in [-0.05, 0) is 50.5 Å². The molecule has 0 aromatic heterocycles. The molecule has 94 valence electrons. The van der Waals surface area contributed by atoms with Crippen molar-refractivity contribution in [3.63, 3.8) is 0 Å². The molecule has 2 heteroatoms. The molecule has 0 bridgehead atoms. The SMILES string of the molecule is CCC1(C)CNCCN1c1ccc(C)c(C)c1. The van der Waals surface area contributed by atoms with E-state index >= 15 is 0 Å². The lowest BCUT2D eigenvalue weighted by molar-refractivity contribution is 0.342. The van der Waals surface area contributed by atoms with Crippen LogP contribution < -0.4 is 10.2 Å². The maximum Gasteiger partial charge on any atom is 0.0496 e. The van der Waals surface area contributed by atoms with Crippen molar-refractivity contribution in [1.29, 1.82) is 0 Å². The van der Waals surface area contributed by atoms with E-state index in [1.165, 1.54) is 23.2 Å². The molecule has 1 aliphatic rings. The molecule has 0 aliphatic carbocycles. The summed E-state index contributed by atoms with van der Waals surface area (Å²) in [6, 6.07) is 6.83. The first-order valence-corrected chi connectivity index (χ1v) is 6.62. The minimum absolute atomic E-state index is 0.250. The van der Waals surface area contributed by atoms with E-state index in [1.54, 1.807) is 0 Å². The van der Waals surface area contributed by atoms with Crippen LogP contribution in [-0.4, -0.2) is 25.2 Å². The molecule has 1 aliphatic heterocycles. The van der Waals surface area contributed by atoms with E-state index in [1.807, 2.05) is 0 Å². The largest absolute Gasteiger partial charge is 0.364 e. The van der Waals surface area contributed by atoms with Crippen LogP contribution in [0.15, 0.2) is 18.2 Å². The highest BCUT2D eigenvalue weighted by Gasteiger charge is 2.32. The number of benzene rings is 1. The lowest BCUT2D eigenvalue weighted by atomic mass is 9.93. The third kappa shape index (κ3) is 2.32. The van der Waals surface area contributed by atoms with Gasteiger partial charge in [0.1, 0.15) is 0 Å². The zero-order valence-corrected chi connectivity index (χ0v) is 11.5. The second kappa shape index (κ2) is 4.69. The zero-order valence-electron chi connectivity index (χ0n) is 11.5. The molecule has 1 atom stereocenters. The third-order valence-corrected chi connectivity index (χ3v) is 4.23. The van der Waals surface area contributed by atoms with E-state index in [-0.39, 0.29) is 5.54 Å². The molecule has 17 heavy (non-hydrogen) atoms. The van der Waals surface area contributed by atoms with Gasteiger partial charge >= 0.3 is 0 Å². The molecule has 1 unspecified atom stereocenters. The van der Waals surface area contributed by atoms with E-state index in [9.17, 15) is 0 Å². The van der Waals surface area contributed by atoms with E-state index in [2.05, 4.69) is 56.1 Å². The Bertz CT molecular complexity index is 400. The summed E-state index contributed by atoms with van der Waals surface area (Å²) in [5.41, 5.74) is 4.39. The first-order chi connectivity index (χ1) is 8.07. The lowest BCUT2D eigenvalue weighted by Crippen LogP contribution is -2.59. The Morgan fingerprint density at radius 2 is 2.06 bits per heavy atom. The van der Waals surface area contributed by atoms with Crippen molar-refractivity contribution >= 4 is 5.69 Å². The lowest BCUT2D eigenvalue weighted by Gasteiger charge is -2.46. The second-order valence-corrected chi connectivity index (χ2v) is 5.45. The highest BCUT2D eigenvalue weighted by molar-refractivity contribution is 5.53. The summed E-state index contributed by atoms with van der Waals surface area (Å²) >= 11 is 0. The number of nitrogens with zero attached hydrogens (tertiary/aromatic N) is 1. The van der Waals surface area contributed by atoms with Crippen molar-refractivity contribution in [2.45, 2.75) is 39.7 Å². The summed E-state index contributed by atoms with van der Waals surface area (Å²) in [5.74, 6) is 0. The highest BCUT2D eigenvalue weighted by atomic mass is 15.3. The van der Waals surface area contributed by atoms with Crippen LogP contribution in [0.3, 0.4) is 0 Å². The Morgan fingerprint density at radius 3 is 2.71 bits per heavy atom. The number of anilines is 1. The van der Waals surface area contributed by atoms with Crippen LogP contribution in [0.1, 0.15) is 31.4 Å². The van der Waals surface area contributed by atoms with Gasteiger partial charge in [-0.2, -0.15) is 0 Å². The van der Waals surface area contributed by atoms with Crippen LogP contribution in [0, 0.1) is 13.8 Å². The van der Waals surface area contributed by atoms with Gasteiger partial charge in [0.05, 0.1) is 0 Å². The van der Waals surface area contributed by atoms with Crippen molar-refractivity contribution in [3.05, 3.63) is 29.3 Å². The van der Waals surface area contributed by atoms with Crippen LogP contribution in [0.25, 0.3) is 0 Å². The molecule has 1 aromatic carbocycles. The minimum Gasteiger partial charge on any atom is -0.364 e. The molecule has 1 saturated heterocycles. The van der Waals surface area contributed by atoms with Gasteiger partial charge in [-0.3, -0.25) is 0 Å². The predicted octanol–water partition coefficient (Wildman–Crippen LogP) is 2.88. The van der Waals surface area contributed by atoms with Crippen LogP contribution in [0.4, 0.5) is 5.69 Å². The fourth-order valence-corrected chi connectivity index (χ4v) is 2.56. The molecule has 0 saturated carbocycles. The quantitative estimate of drug-likeness (QED) is 0.843. The Morgan fingerprint density at radius 1 is 1.29 bits per heavy atom. The Hall–Kier alpha value is -1.02. The molecule has 2 rings (SSSR count). The predicted molar refractivity (Wildman–Crippen MR) is 74.8 cm³/mol. The van der Waals surface area contributed by atoms with E-state index in [0.29, 0.717) is 0 Å². The summed E-state index contributed by atoms with van der Waals surface area (Å²) in [5, 5.41) is 3.51. The second-order valence-electron chi connectivity index (χ2n) is 5.45. The summed E-state index contributed by atoms with van der Waals surface area (Å²) in [4.78, 5) is 2.57. The van der Waals surface area contributed by atoms with E-state index < -0.39 is 0 Å². The first-order valence-electron chi connectivity index (χ1n) is 6.62. The molecule has 1 fully saturated rings. The number of hydrogen-bond acceptors (Lipinski definition) is 2. The number of piperazine rings is 1. The van der Waals surface area contributed by atoms with Crippen molar-refractivity contribution in [1.82, 2.24) is 5.32 Å². The highest BCUT2D eigenvalue weighted by Crippen LogP contribution is 2.29. The standard InChI is InChI=1S/C15H24N2/c1-5-15(4)11-16-8-9-17(15)14-7-6-12(2)13(3)10-14/h6-7,10,16H,5,8-9,11H2,1-4H3. The van der Waals surface area contributed by atoms with Gasteiger partial charge in [-0.25, -0.2) is 0 Å². The number of rotatable bonds is 2. The van der Waals surface area contributed by atoms with Crippen molar-refractivity contribution in [2.24, 2.45) is 0 Å². The smallest absolute Gasteiger partial charge is 0.0496 e. The number of hydrogen-bond donors (Lipinski definition) is 1. The van der Waals surface area contributed by atoms with Crippen LogP contribution in [0.5, 0.6) is 0 Å². The van der Waals surface area contributed by atoms with E-state index in [4.69, 9.17) is 0 Å². The Balaban J connectivity index is 2.33. The average molecular weight is 232 g/mol. The van der Waals surface area contributed by atoms with Gasteiger partial charge in [-0.15, -0.1) is 0 Å². The van der Waals surface area contributed by atoms with Gasteiger partial charge in [-0.1, -0.05) is 13.0 Å². The van der Waals surface area contributed by atoms with Crippen LogP contribution >= 0.6 is 0 Å². The first kappa shape index (κ1) is 12.4. The minimum atomic E-state index is 0.250. The van der Waals surface area contributed by atoms with Crippen molar-refractivity contribution < 1.29 is 0 Å². The van der Waals surface area contributed by atoms with E-state index in [0.717, 1.165) is 19.6 Å². The summed E-state index contributed by atoms with van der Waals surface area (Å²) in [7, 11) is 0. The average Bonchev–Trinajstić information content (AvgIpc) is 2.33. The fraction of sp³-hybridized carbons (Fsp3) is 0.600. The van der Waals surface area contributed by atoms with Crippen LogP contribution in [-0.2, 0) is 0 Å². The Kier molecular flexibility index (Phi) is 3.43. The van der Waals surface area contributed by atoms with Crippen LogP contribution in [0.2, 0.25) is 0 Å². The van der Waals surface area contributed by atoms with Gasteiger partial charge < -0.3 is 10.2 Å². The summed E-state index contributed by atoms with van der Waals surface area (Å²) < 4.78 is 0. The van der Waals surface area contributed by atoms with Crippen molar-refractivity contribution in [2.75, 3.05) is 24.5 Å². The molecule has 1 aromatic rings. The van der Waals surface area contributed by atoms with Gasteiger partial charge in [0.25, 0.3) is 0 Å². The van der Waals surface area contributed by atoms with Gasteiger partial charge in [0, 0.05) is 30.9 Å². The molecule has 1 heterocycles. The fourth-order valence-electron chi connectivity index (χ4n) is 2.56. The maximum absolute atomic E-state index is 3.51. The topological polar surface area (TPSA) is 15.3 Å². The maximum atomic E-state index is 3.51. The molecule has 2 nitrogen and oxygen atoms in total. The monoisotopic (exact) mass is 232 g/mol. The molecular formula is C15H24N2. The molecular weight excluding hydrogens is 208 g/mol. The third-order valence-electron chi connectivity index (χ3n) is 4.23. The number of aryl methyl sites for hydroxylation is 2. The van der Waals surface area contributed by atoms with Crippen molar-refractivity contribution in [3.8, 4) is 0 Å².